The maximum atomic E-state index is 12.0. The van der Waals surface area contributed by atoms with Gasteiger partial charge in [0.05, 0.1) is 0 Å². The molecule has 5 heteroatoms. The van der Waals surface area contributed by atoms with E-state index in [2.05, 4.69) is 28.2 Å². The third-order valence-electron chi connectivity index (χ3n) is 3.22. The second-order valence-corrected chi connectivity index (χ2v) is 5.88. The Morgan fingerprint density at radius 3 is 2.89 bits per heavy atom. The van der Waals surface area contributed by atoms with E-state index in [-0.39, 0.29) is 0 Å². The summed E-state index contributed by atoms with van der Waals surface area (Å²) in [5.41, 5.74) is 0.623. The highest BCUT2D eigenvalue weighted by molar-refractivity contribution is 9.10. The van der Waals surface area contributed by atoms with E-state index in [4.69, 9.17) is 0 Å². The quantitative estimate of drug-likeness (QED) is 0.807. The summed E-state index contributed by atoms with van der Waals surface area (Å²) in [5, 5.41) is 2.63. The first kappa shape index (κ1) is 14.1. The van der Waals surface area contributed by atoms with Gasteiger partial charge in [0.25, 0.3) is 0 Å². The maximum absolute atomic E-state index is 12.0. The number of piperidine rings is 1. The molecule has 1 aromatic rings. The van der Waals surface area contributed by atoms with Gasteiger partial charge in [-0.3, -0.25) is 9.59 Å². The Bertz CT molecular complexity index is 490. The Hall–Kier alpha value is -1.36. The number of anilines is 1. The molecule has 1 atom stereocenters. The number of nitrogens with one attached hydrogen (secondary N) is 1. The number of rotatable bonds is 1. The second kappa shape index (κ2) is 6.19. The SMILES string of the molecule is CC1CCCN(C(=O)C(=O)Nc2cccc(Br)c2)C1. The van der Waals surface area contributed by atoms with Gasteiger partial charge in [0.15, 0.2) is 0 Å². The molecule has 0 aromatic heterocycles. The number of amides is 2. The van der Waals surface area contributed by atoms with Gasteiger partial charge in [0, 0.05) is 23.2 Å². The summed E-state index contributed by atoms with van der Waals surface area (Å²) < 4.78 is 0.865. The highest BCUT2D eigenvalue weighted by Crippen LogP contribution is 2.17. The fraction of sp³-hybridized carbons (Fsp3) is 0.429. The van der Waals surface area contributed by atoms with Crippen LogP contribution in [0.3, 0.4) is 0 Å². The normalized spacial score (nSPS) is 19.1. The van der Waals surface area contributed by atoms with E-state index < -0.39 is 11.8 Å². The molecule has 1 heterocycles. The number of halogens is 1. The van der Waals surface area contributed by atoms with Gasteiger partial charge in [-0.05, 0) is 37.0 Å². The molecule has 2 rings (SSSR count). The largest absolute Gasteiger partial charge is 0.334 e. The smallest absolute Gasteiger partial charge is 0.313 e. The number of likely N-dealkylation sites (tertiary alicyclic amines) is 1. The first-order valence-corrected chi connectivity index (χ1v) is 7.21. The Balaban J connectivity index is 1.97. The average molecular weight is 325 g/mol. The lowest BCUT2D eigenvalue weighted by Crippen LogP contribution is -2.44. The number of carbonyl (C=O) groups is 2. The van der Waals surface area contributed by atoms with Gasteiger partial charge in [-0.2, -0.15) is 0 Å². The zero-order valence-corrected chi connectivity index (χ0v) is 12.4. The standard InChI is InChI=1S/C14H17BrN2O2/c1-10-4-3-7-17(9-10)14(19)13(18)16-12-6-2-5-11(15)8-12/h2,5-6,8,10H,3-4,7,9H2,1H3,(H,16,18). The molecule has 0 aliphatic carbocycles. The van der Waals surface area contributed by atoms with Crippen molar-refractivity contribution < 1.29 is 9.59 Å². The van der Waals surface area contributed by atoms with Gasteiger partial charge in [-0.25, -0.2) is 0 Å². The van der Waals surface area contributed by atoms with Crippen LogP contribution >= 0.6 is 15.9 Å². The second-order valence-electron chi connectivity index (χ2n) is 4.96. The van der Waals surface area contributed by atoms with E-state index in [0.29, 0.717) is 24.7 Å². The molecule has 4 nitrogen and oxygen atoms in total. The first-order chi connectivity index (χ1) is 9.06. The van der Waals surface area contributed by atoms with Gasteiger partial charge in [-0.1, -0.05) is 28.9 Å². The van der Waals surface area contributed by atoms with Crippen LogP contribution < -0.4 is 5.32 Å². The minimum atomic E-state index is -0.563. The molecule has 0 saturated carbocycles. The van der Waals surface area contributed by atoms with Gasteiger partial charge < -0.3 is 10.2 Å². The molecule has 0 bridgehead atoms. The molecule has 1 aromatic carbocycles. The molecule has 1 saturated heterocycles. The Labute approximate surface area is 121 Å². The molecule has 1 unspecified atom stereocenters. The summed E-state index contributed by atoms with van der Waals surface area (Å²) in [6.45, 7) is 3.45. The van der Waals surface area contributed by atoms with Crippen LogP contribution in [0.2, 0.25) is 0 Å². The fourth-order valence-corrected chi connectivity index (χ4v) is 2.67. The molecule has 1 aliphatic heterocycles. The first-order valence-electron chi connectivity index (χ1n) is 6.42. The summed E-state index contributed by atoms with van der Waals surface area (Å²) in [5.74, 6) is -0.532. The Morgan fingerprint density at radius 2 is 2.21 bits per heavy atom. The van der Waals surface area contributed by atoms with Crippen molar-refractivity contribution in [2.24, 2.45) is 5.92 Å². The third-order valence-corrected chi connectivity index (χ3v) is 3.71. The third kappa shape index (κ3) is 3.80. The average Bonchev–Trinajstić information content (AvgIpc) is 2.38. The highest BCUT2D eigenvalue weighted by atomic mass is 79.9. The van der Waals surface area contributed by atoms with Crippen molar-refractivity contribution in [2.45, 2.75) is 19.8 Å². The molecule has 0 spiro atoms. The number of benzene rings is 1. The lowest BCUT2D eigenvalue weighted by Gasteiger charge is -2.30. The lowest BCUT2D eigenvalue weighted by molar-refractivity contribution is -0.144. The Kier molecular flexibility index (Phi) is 4.58. The van der Waals surface area contributed by atoms with Crippen molar-refractivity contribution in [3.8, 4) is 0 Å². The summed E-state index contributed by atoms with van der Waals surface area (Å²) in [7, 11) is 0. The van der Waals surface area contributed by atoms with E-state index in [9.17, 15) is 9.59 Å². The molecule has 1 fully saturated rings. The minimum absolute atomic E-state index is 0.438. The van der Waals surface area contributed by atoms with Crippen LogP contribution in [0.15, 0.2) is 28.7 Å². The summed E-state index contributed by atoms with van der Waals surface area (Å²) in [6.07, 6.45) is 2.09. The van der Waals surface area contributed by atoms with E-state index in [1.807, 2.05) is 12.1 Å². The number of nitrogens with zero attached hydrogens (tertiary/aromatic N) is 1. The molecule has 1 N–H and O–H groups in total. The van der Waals surface area contributed by atoms with Crippen LogP contribution in [-0.4, -0.2) is 29.8 Å². The van der Waals surface area contributed by atoms with E-state index >= 15 is 0 Å². The van der Waals surface area contributed by atoms with Crippen molar-refractivity contribution in [1.82, 2.24) is 4.90 Å². The predicted molar refractivity (Wildman–Crippen MR) is 77.7 cm³/mol. The van der Waals surface area contributed by atoms with Crippen LogP contribution in [0.4, 0.5) is 5.69 Å². The molecular weight excluding hydrogens is 308 g/mol. The zero-order valence-electron chi connectivity index (χ0n) is 10.9. The van der Waals surface area contributed by atoms with Crippen molar-refractivity contribution in [1.29, 1.82) is 0 Å². The van der Waals surface area contributed by atoms with Crippen molar-refractivity contribution in [3.05, 3.63) is 28.7 Å². The maximum Gasteiger partial charge on any atom is 0.313 e. The van der Waals surface area contributed by atoms with Crippen molar-refractivity contribution in [3.63, 3.8) is 0 Å². The molecule has 2 amide bonds. The van der Waals surface area contributed by atoms with Crippen LogP contribution in [0.25, 0.3) is 0 Å². The number of hydrogen-bond donors (Lipinski definition) is 1. The van der Waals surface area contributed by atoms with Crippen molar-refractivity contribution >= 4 is 33.4 Å². The van der Waals surface area contributed by atoms with E-state index in [1.54, 1.807) is 17.0 Å². The van der Waals surface area contributed by atoms with Gasteiger partial charge in [-0.15, -0.1) is 0 Å². The van der Waals surface area contributed by atoms with Crippen LogP contribution in [-0.2, 0) is 9.59 Å². The summed E-state index contributed by atoms with van der Waals surface area (Å²) >= 11 is 3.33. The predicted octanol–water partition coefficient (Wildman–Crippen LogP) is 2.65. The van der Waals surface area contributed by atoms with Crippen LogP contribution in [0, 0.1) is 5.92 Å². The van der Waals surface area contributed by atoms with Crippen LogP contribution in [0.1, 0.15) is 19.8 Å². The van der Waals surface area contributed by atoms with E-state index in [0.717, 1.165) is 17.3 Å². The zero-order chi connectivity index (χ0) is 13.8. The number of carbonyl (C=O) groups excluding carboxylic acids is 2. The monoisotopic (exact) mass is 324 g/mol. The van der Waals surface area contributed by atoms with Gasteiger partial charge in [0.2, 0.25) is 0 Å². The highest BCUT2D eigenvalue weighted by Gasteiger charge is 2.25. The van der Waals surface area contributed by atoms with Gasteiger partial charge >= 0.3 is 11.8 Å². The summed E-state index contributed by atoms with van der Waals surface area (Å²) in [6, 6.07) is 7.20. The molecule has 19 heavy (non-hydrogen) atoms. The molecule has 0 radical (unpaired) electrons. The number of hydrogen-bond acceptors (Lipinski definition) is 2. The molecule has 1 aliphatic rings. The fourth-order valence-electron chi connectivity index (χ4n) is 2.27. The van der Waals surface area contributed by atoms with Crippen molar-refractivity contribution in [2.75, 3.05) is 18.4 Å². The van der Waals surface area contributed by atoms with Gasteiger partial charge in [0.1, 0.15) is 0 Å². The topological polar surface area (TPSA) is 49.4 Å². The minimum Gasteiger partial charge on any atom is -0.334 e. The molecular formula is C14H17BrN2O2. The van der Waals surface area contributed by atoms with Crippen LogP contribution in [0.5, 0.6) is 0 Å². The Morgan fingerprint density at radius 1 is 1.42 bits per heavy atom. The van der Waals surface area contributed by atoms with E-state index in [1.165, 1.54) is 0 Å². The summed E-state index contributed by atoms with van der Waals surface area (Å²) in [4.78, 5) is 25.6. The molecule has 102 valence electrons. The lowest BCUT2D eigenvalue weighted by atomic mass is 10.0.